The van der Waals surface area contributed by atoms with Gasteiger partial charge < -0.3 is 19.7 Å². The maximum atomic E-state index is 13.4. The molecule has 6 nitrogen and oxygen atoms in total. The van der Waals surface area contributed by atoms with Gasteiger partial charge in [0.1, 0.15) is 11.6 Å². The third-order valence-electron chi connectivity index (χ3n) is 5.47. The first kappa shape index (κ1) is 19.7. The molecule has 3 aromatic rings. The van der Waals surface area contributed by atoms with Gasteiger partial charge in [-0.15, -0.1) is 0 Å². The van der Waals surface area contributed by atoms with Gasteiger partial charge in [0.25, 0.3) is 5.91 Å². The molecule has 0 spiro atoms. The number of H-pyrrole nitrogens is 1. The summed E-state index contributed by atoms with van der Waals surface area (Å²) in [6, 6.07) is 10.5. The Balaban J connectivity index is 1.66. The van der Waals surface area contributed by atoms with E-state index >= 15 is 0 Å². The summed E-state index contributed by atoms with van der Waals surface area (Å²) < 4.78 is 18.7. The number of halogens is 1. The second-order valence-electron chi connectivity index (χ2n) is 7.25. The van der Waals surface area contributed by atoms with Gasteiger partial charge in [-0.3, -0.25) is 9.59 Å². The van der Waals surface area contributed by atoms with Gasteiger partial charge in [0.05, 0.1) is 18.7 Å². The highest BCUT2D eigenvalue weighted by Gasteiger charge is 2.42. The third-order valence-corrected chi connectivity index (χ3v) is 5.47. The van der Waals surface area contributed by atoms with E-state index in [1.165, 1.54) is 36.1 Å². The molecular weight excluding hydrogens is 387 g/mol. The molecule has 4 rings (SSSR count). The molecule has 154 valence electrons. The summed E-state index contributed by atoms with van der Waals surface area (Å²) in [6.07, 6.45) is 2.37. The molecule has 2 N–H and O–H groups in total. The number of amides is 1. The van der Waals surface area contributed by atoms with Crippen molar-refractivity contribution < 1.29 is 23.8 Å². The normalized spacial score (nSPS) is 16.6. The van der Waals surface area contributed by atoms with E-state index in [0.29, 0.717) is 12.0 Å². The van der Waals surface area contributed by atoms with E-state index in [1.54, 1.807) is 7.11 Å². The maximum Gasteiger partial charge on any atom is 0.290 e. The molecule has 1 atom stereocenters. The quantitative estimate of drug-likeness (QED) is 0.649. The topological polar surface area (TPSA) is 82.6 Å². The Bertz CT molecular complexity index is 1160. The van der Waals surface area contributed by atoms with Crippen LogP contribution in [0.5, 0.6) is 5.75 Å². The van der Waals surface area contributed by atoms with E-state index in [2.05, 4.69) is 4.98 Å². The first-order chi connectivity index (χ1) is 14.4. The lowest BCUT2D eigenvalue weighted by Crippen LogP contribution is -2.32. The maximum absolute atomic E-state index is 13.4. The number of aliphatic hydroxyl groups is 1. The number of methoxy groups -OCH3 is 1. The number of aromatic nitrogens is 1. The van der Waals surface area contributed by atoms with Gasteiger partial charge in [0, 0.05) is 23.6 Å². The molecule has 1 aliphatic rings. The highest BCUT2D eigenvalue weighted by Crippen LogP contribution is 2.38. The van der Waals surface area contributed by atoms with Gasteiger partial charge in [0.15, 0.2) is 11.5 Å². The fraction of sp³-hybridized carbons (Fsp3) is 0.217. The lowest BCUT2D eigenvalue weighted by atomic mass is 9.96. The fourth-order valence-electron chi connectivity index (χ4n) is 3.97. The summed E-state index contributed by atoms with van der Waals surface area (Å²) in [6.45, 7) is 1.58. The number of carbonyl (C=O) groups excluding carboxylic acids is 2. The number of benzene rings is 2. The van der Waals surface area contributed by atoms with E-state index in [4.69, 9.17) is 4.74 Å². The van der Waals surface area contributed by atoms with Crippen molar-refractivity contribution in [2.75, 3.05) is 13.7 Å². The number of nitrogens with zero attached hydrogens (tertiary/aromatic N) is 1. The average molecular weight is 408 g/mol. The van der Waals surface area contributed by atoms with E-state index in [1.807, 2.05) is 24.4 Å². The van der Waals surface area contributed by atoms with Crippen LogP contribution in [0.3, 0.4) is 0 Å². The van der Waals surface area contributed by atoms with Crippen LogP contribution in [-0.4, -0.2) is 40.3 Å². The van der Waals surface area contributed by atoms with E-state index in [9.17, 15) is 19.1 Å². The Morgan fingerprint density at radius 2 is 1.97 bits per heavy atom. The van der Waals surface area contributed by atoms with Gasteiger partial charge in [-0.05, 0) is 54.8 Å². The number of aliphatic hydroxyl groups excluding tert-OH is 1. The lowest BCUT2D eigenvalue weighted by molar-refractivity contribution is -0.129. The van der Waals surface area contributed by atoms with Gasteiger partial charge in [0.2, 0.25) is 0 Å². The van der Waals surface area contributed by atoms with Crippen molar-refractivity contribution in [1.29, 1.82) is 0 Å². The summed E-state index contributed by atoms with van der Waals surface area (Å²) >= 11 is 0. The number of nitrogens with one attached hydrogen (secondary N) is 1. The highest BCUT2D eigenvalue weighted by atomic mass is 19.1. The van der Waals surface area contributed by atoms with Crippen LogP contribution in [-0.2, 0) is 16.0 Å². The van der Waals surface area contributed by atoms with Crippen molar-refractivity contribution in [3.05, 3.63) is 76.9 Å². The highest BCUT2D eigenvalue weighted by molar-refractivity contribution is 6.08. The Labute approximate surface area is 172 Å². The summed E-state index contributed by atoms with van der Waals surface area (Å²) in [7, 11) is 1.60. The van der Waals surface area contributed by atoms with Gasteiger partial charge >= 0.3 is 0 Å². The number of hydrogen-bond acceptors (Lipinski definition) is 4. The van der Waals surface area contributed by atoms with E-state index < -0.39 is 29.3 Å². The van der Waals surface area contributed by atoms with Crippen LogP contribution in [0.15, 0.2) is 60.0 Å². The Hall–Kier alpha value is -3.61. The minimum Gasteiger partial charge on any atom is -0.503 e. The molecule has 0 fully saturated rings. The molecule has 0 saturated heterocycles. The Kier molecular flexibility index (Phi) is 5.03. The molecule has 1 aromatic heterocycles. The molecule has 1 amide bonds. The van der Waals surface area contributed by atoms with E-state index in [0.717, 1.165) is 22.2 Å². The van der Waals surface area contributed by atoms with Crippen molar-refractivity contribution >= 4 is 22.6 Å². The first-order valence-electron chi connectivity index (χ1n) is 9.55. The number of Topliss-reactive ketones (excluding diaryl/α,β-unsaturated/α-hetero) is 1. The zero-order valence-electron chi connectivity index (χ0n) is 16.6. The number of ketones is 1. The minimum atomic E-state index is -0.754. The largest absolute Gasteiger partial charge is 0.503 e. The number of fused-ring (bicyclic) bond motifs is 1. The third kappa shape index (κ3) is 3.32. The molecule has 1 aliphatic heterocycles. The number of aromatic amines is 1. The van der Waals surface area contributed by atoms with Crippen LogP contribution >= 0.6 is 0 Å². The first-order valence-corrected chi connectivity index (χ1v) is 9.55. The van der Waals surface area contributed by atoms with Gasteiger partial charge in [-0.1, -0.05) is 12.1 Å². The standard InChI is InChI=1S/C23H21FN2O4/c1-13(27)20-21(14-3-5-16(24)6-4-14)26(23(29)22(20)28)10-9-15-12-25-19-8-7-17(30-2)11-18(15)19/h3-8,11-12,21,25,28H,9-10H2,1-2H3/t21-/m0/s1. The predicted octanol–water partition coefficient (Wildman–Crippen LogP) is 3.84. The molecule has 0 radical (unpaired) electrons. The summed E-state index contributed by atoms with van der Waals surface area (Å²) in [5.41, 5.74) is 2.52. The van der Waals surface area contributed by atoms with Crippen molar-refractivity contribution in [1.82, 2.24) is 9.88 Å². The number of carbonyl (C=O) groups is 2. The monoisotopic (exact) mass is 408 g/mol. The lowest BCUT2D eigenvalue weighted by Gasteiger charge is -2.26. The van der Waals surface area contributed by atoms with Crippen LogP contribution in [0.2, 0.25) is 0 Å². The SMILES string of the molecule is COc1ccc2[nH]cc(CCN3C(=O)C(O)=C(C(C)=O)[C@@H]3c3ccc(F)cc3)c2c1. The summed E-state index contributed by atoms with van der Waals surface area (Å²) in [4.78, 5) is 29.6. The summed E-state index contributed by atoms with van der Waals surface area (Å²) in [5.74, 6) is -1.23. The molecule has 2 aromatic carbocycles. The molecule has 0 aliphatic carbocycles. The molecule has 2 heterocycles. The molecular formula is C23H21FN2O4. The fourth-order valence-corrected chi connectivity index (χ4v) is 3.97. The van der Waals surface area contributed by atoms with Crippen molar-refractivity contribution in [2.45, 2.75) is 19.4 Å². The van der Waals surface area contributed by atoms with Gasteiger partial charge in [-0.25, -0.2) is 4.39 Å². The van der Waals surface area contributed by atoms with Crippen LogP contribution in [0.4, 0.5) is 4.39 Å². The predicted molar refractivity (Wildman–Crippen MR) is 110 cm³/mol. The van der Waals surface area contributed by atoms with Gasteiger partial charge in [-0.2, -0.15) is 0 Å². The number of hydrogen-bond donors (Lipinski definition) is 2. The molecule has 30 heavy (non-hydrogen) atoms. The van der Waals surface area contributed by atoms with Crippen LogP contribution in [0.1, 0.15) is 24.1 Å². The van der Waals surface area contributed by atoms with Crippen LogP contribution in [0, 0.1) is 5.82 Å². The Morgan fingerprint density at radius 3 is 2.63 bits per heavy atom. The summed E-state index contributed by atoms with van der Waals surface area (Å²) in [5, 5.41) is 11.3. The minimum absolute atomic E-state index is 0.0344. The molecule has 0 saturated carbocycles. The van der Waals surface area contributed by atoms with Crippen LogP contribution < -0.4 is 4.74 Å². The average Bonchev–Trinajstić information content (AvgIpc) is 3.25. The number of ether oxygens (including phenoxy) is 1. The second-order valence-corrected chi connectivity index (χ2v) is 7.25. The van der Waals surface area contributed by atoms with Crippen molar-refractivity contribution in [3.63, 3.8) is 0 Å². The van der Waals surface area contributed by atoms with Crippen molar-refractivity contribution in [3.8, 4) is 5.75 Å². The zero-order valence-corrected chi connectivity index (χ0v) is 16.6. The van der Waals surface area contributed by atoms with Crippen molar-refractivity contribution in [2.24, 2.45) is 0 Å². The van der Waals surface area contributed by atoms with Crippen LogP contribution in [0.25, 0.3) is 10.9 Å². The number of rotatable bonds is 6. The molecule has 0 unspecified atom stereocenters. The second kappa shape index (κ2) is 7.67. The molecule has 7 heteroatoms. The molecule has 0 bridgehead atoms. The zero-order chi connectivity index (χ0) is 21.4. The smallest absolute Gasteiger partial charge is 0.290 e. The Morgan fingerprint density at radius 1 is 1.23 bits per heavy atom. The van der Waals surface area contributed by atoms with E-state index in [-0.39, 0.29) is 12.1 Å².